The van der Waals surface area contributed by atoms with Gasteiger partial charge in [0.2, 0.25) is 0 Å². The van der Waals surface area contributed by atoms with Crippen molar-refractivity contribution in [3.05, 3.63) is 23.9 Å². The molecule has 2 saturated heterocycles. The molecule has 1 atom stereocenters. The molecule has 2 amide bonds. The van der Waals surface area contributed by atoms with Crippen molar-refractivity contribution in [2.24, 2.45) is 5.92 Å². The number of pyridine rings is 1. The number of esters is 1. The van der Waals surface area contributed by atoms with Gasteiger partial charge in [-0.15, -0.1) is 0 Å². The van der Waals surface area contributed by atoms with Crippen molar-refractivity contribution in [3.8, 4) is 0 Å². The molecule has 1 aromatic rings. The van der Waals surface area contributed by atoms with Gasteiger partial charge in [0.1, 0.15) is 5.82 Å². The lowest BCUT2D eigenvalue weighted by atomic mass is 9.98. The first kappa shape index (κ1) is 18.9. The first-order valence-electron chi connectivity index (χ1n) is 9.14. The third kappa shape index (κ3) is 4.47. The van der Waals surface area contributed by atoms with Crippen LogP contribution < -0.4 is 10.2 Å². The van der Waals surface area contributed by atoms with Crippen LogP contribution in [0.2, 0.25) is 0 Å². The van der Waals surface area contributed by atoms with Gasteiger partial charge in [-0.1, -0.05) is 0 Å². The van der Waals surface area contributed by atoms with E-state index in [1.807, 2.05) is 4.90 Å². The van der Waals surface area contributed by atoms with Crippen LogP contribution in [0.3, 0.4) is 0 Å². The molecule has 0 aromatic carbocycles. The second-order valence-corrected chi connectivity index (χ2v) is 6.80. The summed E-state index contributed by atoms with van der Waals surface area (Å²) in [6.45, 7) is 4.15. The third-order valence-electron chi connectivity index (χ3n) is 4.85. The van der Waals surface area contributed by atoms with Crippen molar-refractivity contribution in [1.29, 1.82) is 0 Å². The highest BCUT2D eigenvalue weighted by atomic mass is 16.5. The van der Waals surface area contributed by atoms with Gasteiger partial charge in [-0.2, -0.15) is 0 Å². The summed E-state index contributed by atoms with van der Waals surface area (Å²) in [5, 5.41) is 12.1. The predicted molar refractivity (Wildman–Crippen MR) is 96.7 cm³/mol. The zero-order valence-electron chi connectivity index (χ0n) is 15.3. The summed E-state index contributed by atoms with van der Waals surface area (Å²) in [6, 6.07) is 3.21. The molecule has 2 N–H and O–H groups in total. The van der Waals surface area contributed by atoms with Gasteiger partial charge in [0.25, 0.3) is 0 Å². The second-order valence-electron chi connectivity index (χ2n) is 6.80. The van der Waals surface area contributed by atoms with Gasteiger partial charge in [0.05, 0.1) is 24.1 Å². The van der Waals surface area contributed by atoms with E-state index in [-0.39, 0.29) is 18.6 Å². The van der Waals surface area contributed by atoms with E-state index in [0.29, 0.717) is 44.6 Å². The van der Waals surface area contributed by atoms with Crippen LogP contribution >= 0.6 is 0 Å². The molecule has 1 aromatic heterocycles. The first-order chi connectivity index (χ1) is 13.0. The average Bonchev–Trinajstić information content (AvgIpc) is 2.64. The Bertz CT molecular complexity index is 702. The van der Waals surface area contributed by atoms with Crippen molar-refractivity contribution >= 4 is 23.8 Å². The number of carbonyl (C=O) groups excluding carboxylic acids is 2. The van der Waals surface area contributed by atoms with E-state index >= 15 is 0 Å². The highest BCUT2D eigenvalue weighted by Crippen LogP contribution is 2.20. The van der Waals surface area contributed by atoms with E-state index in [9.17, 15) is 14.4 Å². The number of hydrogen-bond donors (Lipinski definition) is 2. The third-order valence-corrected chi connectivity index (χ3v) is 4.85. The molecular formula is C18H24N4O5. The molecule has 0 spiro atoms. The van der Waals surface area contributed by atoms with Crippen molar-refractivity contribution in [3.63, 3.8) is 0 Å². The van der Waals surface area contributed by atoms with Gasteiger partial charge in [-0.3, -0.25) is 4.79 Å². The van der Waals surface area contributed by atoms with Gasteiger partial charge in [-0.25, -0.2) is 14.6 Å². The topological polar surface area (TPSA) is 112 Å². The molecule has 9 nitrogen and oxygen atoms in total. The molecule has 2 aliphatic heterocycles. The Morgan fingerprint density at radius 1 is 1.30 bits per heavy atom. The molecule has 2 fully saturated rings. The standard InChI is InChI=1S/C18H24N4O5/c1-2-27-17(25)12-5-6-15(19-8-12)22-10-14(11-22)20-18(26)21-7-3-4-13(9-21)16(23)24/h5-6,8,13-14H,2-4,7,9-11H2,1H3,(H,20,26)(H,23,24). The Morgan fingerprint density at radius 3 is 2.70 bits per heavy atom. The number of carbonyl (C=O) groups is 3. The molecule has 0 saturated carbocycles. The molecule has 27 heavy (non-hydrogen) atoms. The molecule has 0 bridgehead atoms. The molecule has 1 unspecified atom stereocenters. The molecule has 3 rings (SSSR count). The quantitative estimate of drug-likeness (QED) is 0.736. The number of nitrogens with zero attached hydrogens (tertiary/aromatic N) is 3. The van der Waals surface area contributed by atoms with Crippen molar-refractivity contribution < 1.29 is 24.2 Å². The maximum atomic E-state index is 12.3. The van der Waals surface area contributed by atoms with E-state index in [1.165, 1.54) is 6.20 Å². The van der Waals surface area contributed by atoms with E-state index in [2.05, 4.69) is 10.3 Å². The van der Waals surface area contributed by atoms with Crippen LogP contribution in [0.4, 0.5) is 10.6 Å². The van der Waals surface area contributed by atoms with Crippen LogP contribution in [-0.2, 0) is 9.53 Å². The number of ether oxygens (including phenoxy) is 1. The number of anilines is 1. The molecule has 9 heteroatoms. The zero-order chi connectivity index (χ0) is 19.4. The average molecular weight is 376 g/mol. The Morgan fingerprint density at radius 2 is 2.07 bits per heavy atom. The van der Waals surface area contributed by atoms with E-state index < -0.39 is 17.9 Å². The van der Waals surface area contributed by atoms with Crippen LogP contribution in [0.15, 0.2) is 18.3 Å². The molecule has 0 aliphatic carbocycles. The number of piperidine rings is 1. The summed E-state index contributed by atoms with van der Waals surface area (Å²) < 4.78 is 4.93. The Hall–Kier alpha value is -2.84. The van der Waals surface area contributed by atoms with E-state index in [1.54, 1.807) is 24.0 Å². The second kappa shape index (κ2) is 8.24. The van der Waals surface area contributed by atoms with Crippen LogP contribution in [-0.4, -0.2) is 71.8 Å². The fourth-order valence-corrected chi connectivity index (χ4v) is 3.29. The molecule has 146 valence electrons. The van der Waals surface area contributed by atoms with E-state index in [0.717, 1.165) is 5.82 Å². The minimum absolute atomic E-state index is 0.00534. The summed E-state index contributed by atoms with van der Waals surface area (Å²) >= 11 is 0. The fourth-order valence-electron chi connectivity index (χ4n) is 3.29. The monoisotopic (exact) mass is 376 g/mol. The fraction of sp³-hybridized carbons (Fsp3) is 0.556. The Labute approximate surface area is 157 Å². The minimum atomic E-state index is -0.848. The van der Waals surface area contributed by atoms with Crippen LogP contribution in [0.1, 0.15) is 30.1 Å². The molecular weight excluding hydrogens is 352 g/mol. The number of aliphatic carboxylic acids is 1. The number of aromatic nitrogens is 1. The van der Waals surface area contributed by atoms with Crippen molar-refractivity contribution in [2.45, 2.75) is 25.8 Å². The SMILES string of the molecule is CCOC(=O)c1ccc(N2CC(NC(=O)N3CCCC(C(=O)O)C3)C2)nc1. The van der Waals surface area contributed by atoms with E-state index in [4.69, 9.17) is 9.84 Å². The van der Waals surface area contributed by atoms with Crippen LogP contribution in [0, 0.1) is 5.92 Å². The number of carboxylic acids is 1. The van der Waals surface area contributed by atoms with Gasteiger partial charge in [0.15, 0.2) is 0 Å². The lowest BCUT2D eigenvalue weighted by molar-refractivity contribution is -0.143. The molecule has 3 heterocycles. The maximum absolute atomic E-state index is 12.3. The summed E-state index contributed by atoms with van der Waals surface area (Å²) in [5.41, 5.74) is 0.407. The molecule has 2 aliphatic rings. The normalized spacial score (nSPS) is 20.0. The van der Waals surface area contributed by atoms with Gasteiger partial charge in [-0.05, 0) is 31.9 Å². The number of nitrogens with one attached hydrogen (secondary N) is 1. The van der Waals surface area contributed by atoms with Crippen molar-refractivity contribution in [1.82, 2.24) is 15.2 Å². The Kier molecular flexibility index (Phi) is 5.78. The lowest BCUT2D eigenvalue weighted by Gasteiger charge is -2.41. The van der Waals surface area contributed by atoms with Gasteiger partial charge < -0.3 is 25.0 Å². The first-order valence-corrected chi connectivity index (χ1v) is 9.14. The minimum Gasteiger partial charge on any atom is -0.481 e. The maximum Gasteiger partial charge on any atom is 0.339 e. The highest BCUT2D eigenvalue weighted by Gasteiger charge is 2.33. The largest absolute Gasteiger partial charge is 0.481 e. The van der Waals surface area contributed by atoms with Crippen molar-refractivity contribution in [2.75, 3.05) is 37.7 Å². The number of hydrogen-bond acceptors (Lipinski definition) is 6. The number of carboxylic acid groups (broad SMARTS) is 1. The van der Waals surface area contributed by atoms with Crippen LogP contribution in [0.25, 0.3) is 0 Å². The number of urea groups is 1. The summed E-state index contributed by atoms with van der Waals surface area (Å²) in [7, 11) is 0. The number of rotatable bonds is 5. The summed E-state index contributed by atoms with van der Waals surface area (Å²) in [5.74, 6) is -0.992. The summed E-state index contributed by atoms with van der Waals surface area (Å²) in [6.07, 6.45) is 2.81. The van der Waals surface area contributed by atoms with Gasteiger partial charge in [0, 0.05) is 32.4 Å². The number of amides is 2. The van der Waals surface area contributed by atoms with Crippen LogP contribution in [0.5, 0.6) is 0 Å². The zero-order valence-corrected chi connectivity index (χ0v) is 15.3. The lowest BCUT2D eigenvalue weighted by Crippen LogP contribution is -2.62. The Balaban J connectivity index is 1.46. The smallest absolute Gasteiger partial charge is 0.339 e. The predicted octanol–water partition coefficient (Wildman–Crippen LogP) is 0.953. The highest BCUT2D eigenvalue weighted by molar-refractivity contribution is 5.89. The number of likely N-dealkylation sites (tertiary alicyclic amines) is 1. The summed E-state index contributed by atoms with van der Waals surface area (Å²) in [4.78, 5) is 42.9. The van der Waals surface area contributed by atoms with Gasteiger partial charge >= 0.3 is 18.0 Å². The molecule has 0 radical (unpaired) electrons.